The van der Waals surface area contributed by atoms with E-state index in [1.54, 1.807) is 17.6 Å². The summed E-state index contributed by atoms with van der Waals surface area (Å²) >= 11 is 7.24. The summed E-state index contributed by atoms with van der Waals surface area (Å²) in [4.78, 5) is 4.02. The number of hydrogen-bond acceptors (Lipinski definition) is 4. The first-order chi connectivity index (χ1) is 6.97. The first-order valence-corrected chi connectivity index (χ1v) is 6.60. The third kappa shape index (κ3) is 2.20. The molecule has 0 fully saturated rings. The number of rotatable bonds is 2. The number of nitrogens with zero attached hydrogens (tertiary/aromatic N) is 1. The molecule has 0 saturated heterocycles. The molecule has 1 heterocycles. The standard InChI is InChI=1S/C7H6ClN3O2S2/c8-4-1-2-5-7(10-3-14-5)6(4)11-15(9,12)13/h1-3,11H,(H2,9,12,13). The highest BCUT2D eigenvalue weighted by Crippen LogP contribution is 2.32. The molecule has 8 heteroatoms. The maximum atomic E-state index is 10.9. The van der Waals surface area contributed by atoms with Gasteiger partial charge in [-0.25, -0.2) is 10.1 Å². The molecule has 0 radical (unpaired) electrons. The Bertz CT molecular complexity index is 608. The first-order valence-electron chi connectivity index (χ1n) is 3.79. The molecule has 0 aliphatic carbocycles. The van der Waals surface area contributed by atoms with Crippen LogP contribution in [-0.2, 0) is 10.2 Å². The maximum Gasteiger partial charge on any atom is 0.296 e. The molecule has 0 spiro atoms. The number of halogens is 1. The summed E-state index contributed by atoms with van der Waals surface area (Å²) < 4.78 is 24.8. The van der Waals surface area contributed by atoms with Gasteiger partial charge >= 0.3 is 0 Å². The van der Waals surface area contributed by atoms with E-state index >= 15 is 0 Å². The van der Waals surface area contributed by atoms with Crippen LogP contribution < -0.4 is 9.86 Å². The minimum Gasteiger partial charge on any atom is -0.267 e. The van der Waals surface area contributed by atoms with Crippen LogP contribution in [0, 0.1) is 0 Å². The van der Waals surface area contributed by atoms with E-state index in [0.29, 0.717) is 5.52 Å². The van der Waals surface area contributed by atoms with E-state index in [-0.39, 0.29) is 10.7 Å². The lowest BCUT2D eigenvalue weighted by Gasteiger charge is -2.05. The number of fused-ring (bicyclic) bond motifs is 1. The molecule has 0 aliphatic rings. The highest BCUT2D eigenvalue weighted by molar-refractivity contribution is 7.90. The number of aromatic nitrogens is 1. The molecule has 1 aromatic carbocycles. The van der Waals surface area contributed by atoms with E-state index in [0.717, 1.165) is 4.70 Å². The Hall–Kier alpha value is -0.890. The average Bonchev–Trinajstić information content (AvgIpc) is 2.56. The van der Waals surface area contributed by atoms with Gasteiger partial charge in [-0.15, -0.1) is 11.3 Å². The Kier molecular flexibility index (Phi) is 2.55. The second kappa shape index (κ2) is 3.60. The number of anilines is 1. The van der Waals surface area contributed by atoms with Gasteiger partial charge in [0.1, 0.15) is 5.52 Å². The van der Waals surface area contributed by atoms with E-state index in [1.807, 2.05) is 0 Å². The molecule has 3 N–H and O–H groups in total. The first kappa shape index (κ1) is 10.6. The molecule has 0 atom stereocenters. The van der Waals surface area contributed by atoms with Crippen LogP contribution in [0.2, 0.25) is 5.02 Å². The van der Waals surface area contributed by atoms with Gasteiger partial charge < -0.3 is 0 Å². The second-order valence-electron chi connectivity index (χ2n) is 2.77. The van der Waals surface area contributed by atoms with Crippen molar-refractivity contribution < 1.29 is 8.42 Å². The molecule has 0 amide bonds. The lowest BCUT2D eigenvalue weighted by atomic mass is 10.3. The maximum absolute atomic E-state index is 10.9. The van der Waals surface area contributed by atoms with Gasteiger partial charge in [-0.2, -0.15) is 8.42 Å². The van der Waals surface area contributed by atoms with E-state index < -0.39 is 10.2 Å². The third-order valence-corrected chi connectivity index (χ3v) is 3.29. The number of benzene rings is 1. The molecule has 0 bridgehead atoms. The monoisotopic (exact) mass is 263 g/mol. The Morgan fingerprint density at radius 2 is 2.20 bits per heavy atom. The van der Waals surface area contributed by atoms with Crippen LogP contribution in [0.25, 0.3) is 10.2 Å². The largest absolute Gasteiger partial charge is 0.296 e. The fourth-order valence-electron chi connectivity index (χ4n) is 1.15. The highest BCUT2D eigenvalue weighted by atomic mass is 35.5. The summed E-state index contributed by atoms with van der Waals surface area (Å²) in [6.45, 7) is 0. The van der Waals surface area contributed by atoms with Gasteiger partial charge in [-0.3, -0.25) is 4.72 Å². The predicted octanol–water partition coefficient (Wildman–Crippen LogP) is 1.57. The SMILES string of the molecule is NS(=O)(=O)Nc1c(Cl)ccc2scnc12. The van der Waals surface area contributed by atoms with Crippen LogP contribution in [0.15, 0.2) is 17.6 Å². The quantitative estimate of drug-likeness (QED) is 0.862. The second-order valence-corrected chi connectivity index (χ2v) is 5.36. The van der Waals surface area contributed by atoms with Crippen molar-refractivity contribution in [3.05, 3.63) is 22.7 Å². The van der Waals surface area contributed by atoms with Crippen LogP contribution in [0.4, 0.5) is 5.69 Å². The van der Waals surface area contributed by atoms with Crippen molar-refractivity contribution in [1.82, 2.24) is 4.98 Å². The molecule has 0 saturated carbocycles. The van der Waals surface area contributed by atoms with Crippen molar-refractivity contribution in [3.8, 4) is 0 Å². The summed E-state index contributed by atoms with van der Waals surface area (Å²) in [6, 6.07) is 3.36. The zero-order valence-corrected chi connectivity index (χ0v) is 9.66. The van der Waals surface area contributed by atoms with Gasteiger partial charge in [0.05, 0.1) is 20.9 Å². The van der Waals surface area contributed by atoms with Crippen LogP contribution in [-0.4, -0.2) is 13.4 Å². The van der Waals surface area contributed by atoms with E-state index in [2.05, 4.69) is 9.71 Å². The molecule has 2 rings (SSSR count). The summed E-state index contributed by atoms with van der Waals surface area (Å²) in [5.41, 5.74) is 2.33. The van der Waals surface area contributed by atoms with E-state index in [4.69, 9.17) is 16.7 Å². The number of hydrogen-bond donors (Lipinski definition) is 2. The molecule has 5 nitrogen and oxygen atoms in total. The Morgan fingerprint density at radius 1 is 1.47 bits per heavy atom. The van der Waals surface area contributed by atoms with Gasteiger partial charge in [0.15, 0.2) is 0 Å². The Balaban J connectivity index is 2.67. The van der Waals surface area contributed by atoms with Crippen molar-refractivity contribution in [3.63, 3.8) is 0 Å². The summed E-state index contributed by atoms with van der Waals surface area (Å²) in [5, 5.41) is 5.14. The summed E-state index contributed by atoms with van der Waals surface area (Å²) in [5.74, 6) is 0. The zero-order chi connectivity index (χ0) is 11.1. The van der Waals surface area contributed by atoms with Crippen LogP contribution in [0.5, 0.6) is 0 Å². The normalized spacial score (nSPS) is 11.9. The molecular formula is C7H6ClN3O2S2. The van der Waals surface area contributed by atoms with E-state index in [9.17, 15) is 8.42 Å². The van der Waals surface area contributed by atoms with Gasteiger partial charge in [0.25, 0.3) is 10.2 Å². The fourth-order valence-corrected chi connectivity index (χ4v) is 2.58. The number of thiazole rings is 1. The lowest BCUT2D eigenvalue weighted by Crippen LogP contribution is -2.22. The van der Waals surface area contributed by atoms with E-state index in [1.165, 1.54) is 11.3 Å². The van der Waals surface area contributed by atoms with Gasteiger partial charge in [0, 0.05) is 0 Å². The molecule has 2 aromatic rings. The number of nitrogens with two attached hydrogens (primary N) is 1. The van der Waals surface area contributed by atoms with Crippen molar-refractivity contribution in [1.29, 1.82) is 0 Å². The fraction of sp³-hybridized carbons (Fsp3) is 0. The van der Waals surface area contributed by atoms with Gasteiger partial charge in [-0.05, 0) is 12.1 Å². The van der Waals surface area contributed by atoms with Gasteiger partial charge in [-0.1, -0.05) is 11.6 Å². The number of nitrogens with one attached hydrogen (secondary N) is 1. The molecule has 0 unspecified atom stereocenters. The summed E-state index contributed by atoms with van der Waals surface area (Å²) in [7, 11) is -3.84. The molecule has 15 heavy (non-hydrogen) atoms. The van der Waals surface area contributed by atoms with Gasteiger partial charge in [0.2, 0.25) is 0 Å². The predicted molar refractivity (Wildman–Crippen MR) is 61.4 cm³/mol. The Labute approximate surface area is 95.1 Å². The molecular weight excluding hydrogens is 258 g/mol. The van der Waals surface area contributed by atoms with Crippen molar-refractivity contribution in [2.75, 3.05) is 4.72 Å². The molecule has 80 valence electrons. The van der Waals surface area contributed by atoms with Crippen molar-refractivity contribution in [2.45, 2.75) is 0 Å². The van der Waals surface area contributed by atoms with Crippen LogP contribution >= 0.6 is 22.9 Å². The minimum atomic E-state index is -3.84. The average molecular weight is 264 g/mol. The smallest absolute Gasteiger partial charge is 0.267 e. The van der Waals surface area contributed by atoms with Crippen molar-refractivity contribution >= 4 is 49.1 Å². The lowest BCUT2D eigenvalue weighted by molar-refractivity contribution is 0.603. The third-order valence-electron chi connectivity index (χ3n) is 1.70. The van der Waals surface area contributed by atoms with Crippen molar-refractivity contribution in [2.24, 2.45) is 5.14 Å². The topological polar surface area (TPSA) is 85.1 Å². The van der Waals surface area contributed by atoms with Crippen LogP contribution in [0.3, 0.4) is 0 Å². The van der Waals surface area contributed by atoms with Crippen LogP contribution in [0.1, 0.15) is 0 Å². The molecule has 0 aliphatic heterocycles. The summed E-state index contributed by atoms with van der Waals surface area (Å²) in [6.07, 6.45) is 0. The Morgan fingerprint density at radius 3 is 2.87 bits per heavy atom. The highest BCUT2D eigenvalue weighted by Gasteiger charge is 2.12. The molecule has 1 aromatic heterocycles. The zero-order valence-electron chi connectivity index (χ0n) is 7.27. The minimum absolute atomic E-state index is 0.220.